The number of rotatable bonds is 3. The Morgan fingerprint density at radius 1 is 1.26 bits per heavy atom. The van der Waals surface area contributed by atoms with E-state index in [0.717, 1.165) is 18.8 Å². The van der Waals surface area contributed by atoms with Crippen LogP contribution in [0.2, 0.25) is 0 Å². The van der Waals surface area contributed by atoms with Crippen LogP contribution in [0, 0.1) is 11.7 Å². The first-order valence-corrected chi connectivity index (χ1v) is 7.19. The molecule has 1 aromatic carbocycles. The SMILES string of the molecule is CC1CCC(N(C)c2ccc([C@@H](C)O)cc2F)CC1. The van der Waals surface area contributed by atoms with Crippen LogP contribution in [0.15, 0.2) is 18.2 Å². The second kappa shape index (κ2) is 5.91. The van der Waals surface area contributed by atoms with Crippen molar-refractivity contribution in [3.05, 3.63) is 29.6 Å². The van der Waals surface area contributed by atoms with Crippen molar-refractivity contribution in [2.24, 2.45) is 5.92 Å². The molecule has 1 fully saturated rings. The van der Waals surface area contributed by atoms with Crippen molar-refractivity contribution < 1.29 is 9.50 Å². The molecule has 106 valence electrons. The summed E-state index contributed by atoms with van der Waals surface area (Å²) in [6.45, 7) is 3.94. The van der Waals surface area contributed by atoms with Gasteiger partial charge in [-0.05, 0) is 56.2 Å². The topological polar surface area (TPSA) is 23.5 Å². The molecule has 19 heavy (non-hydrogen) atoms. The number of nitrogens with zero attached hydrogens (tertiary/aromatic N) is 1. The van der Waals surface area contributed by atoms with Gasteiger partial charge in [0.25, 0.3) is 0 Å². The quantitative estimate of drug-likeness (QED) is 0.896. The zero-order chi connectivity index (χ0) is 14.0. The minimum absolute atomic E-state index is 0.237. The zero-order valence-electron chi connectivity index (χ0n) is 12.1. The van der Waals surface area contributed by atoms with E-state index in [2.05, 4.69) is 11.8 Å². The molecule has 0 spiro atoms. The van der Waals surface area contributed by atoms with Crippen LogP contribution < -0.4 is 4.90 Å². The van der Waals surface area contributed by atoms with Gasteiger partial charge in [-0.2, -0.15) is 0 Å². The Morgan fingerprint density at radius 2 is 1.89 bits per heavy atom. The first-order valence-electron chi connectivity index (χ1n) is 7.19. The fraction of sp³-hybridized carbons (Fsp3) is 0.625. The van der Waals surface area contributed by atoms with Crippen molar-refractivity contribution in [1.82, 2.24) is 0 Å². The largest absolute Gasteiger partial charge is 0.389 e. The number of halogens is 1. The Labute approximate surface area is 115 Å². The summed E-state index contributed by atoms with van der Waals surface area (Å²) in [6.07, 6.45) is 4.10. The fourth-order valence-electron chi connectivity index (χ4n) is 2.90. The predicted molar refractivity (Wildman–Crippen MR) is 76.9 cm³/mol. The van der Waals surface area contributed by atoms with E-state index in [-0.39, 0.29) is 5.82 Å². The lowest BCUT2D eigenvalue weighted by atomic mass is 9.86. The Morgan fingerprint density at radius 3 is 2.42 bits per heavy atom. The number of anilines is 1. The molecule has 1 saturated carbocycles. The summed E-state index contributed by atoms with van der Waals surface area (Å²) in [5, 5.41) is 9.48. The Hall–Kier alpha value is -1.09. The number of hydrogen-bond acceptors (Lipinski definition) is 2. The Bertz CT molecular complexity index is 425. The van der Waals surface area contributed by atoms with E-state index in [4.69, 9.17) is 0 Å². The highest BCUT2D eigenvalue weighted by Gasteiger charge is 2.23. The van der Waals surface area contributed by atoms with E-state index in [1.54, 1.807) is 13.0 Å². The first kappa shape index (κ1) is 14.3. The summed E-state index contributed by atoms with van der Waals surface area (Å²) in [5.41, 5.74) is 1.27. The lowest BCUT2D eigenvalue weighted by Gasteiger charge is -2.35. The summed E-state index contributed by atoms with van der Waals surface area (Å²) in [7, 11) is 1.97. The van der Waals surface area contributed by atoms with Gasteiger partial charge < -0.3 is 10.0 Å². The highest BCUT2D eigenvalue weighted by atomic mass is 19.1. The molecule has 1 atom stereocenters. The van der Waals surface area contributed by atoms with Gasteiger partial charge in [-0.25, -0.2) is 4.39 Å². The standard InChI is InChI=1S/C16H24FNO/c1-11-4-7-14(8-5-11)18(3)16-9-6-13(12(2)19)10-15(16)17/h6,9-12,14,19H,4-5,7-8H2,1-3H3/t11?,12-,14?/m1/s1. The molecular weight excluding hydrogens is 241 g/mol. The monoisotopic (exact) mass is 265 g/mol. The summed E-state index contributed by atoms with van der Waals surface area (Å²) in [5.74, 6) is 0.562. The van der Waals surface area contributed by atoms with E-state index >= 15 is 0 Å². The van der Waals surface area contributed by atoms with Gasteiger partial charge in [0.2, 0.25) is 0 Å². The molecule has 0 amide bonds. The van der Waals surface area contributed by atoms with Crippen LogP contribution in [0.4, 0.5) is 10.1 Å². The summed E-state index contributed by atoms with van der Waals surface area (Å²) < 4.78 is 14.1. The van der Waals surface area contributed by atoms with Crippen molar-refractivity contribution in [3.63, 3.8) is 0 Å². The number of aliphatic hydroxyl groups is 1. The average molecular weight is 265 g/mol. The van der Waals surface area contributed by atoms with Crippen molar-refractivity contribution in [2.45, 2.75) is 51.7 Å². The van der Waals surface area contributed by atoms with Gasteiger partial charge in [-0.1, -0.05) is 13.0 Å². The van der Waals surface area contributed by atoms with E-state index in [9.17, 15) is 9.50 Å². The Balaban J connectivity index is 2.12. The van der Waals surface area contributed by atoms with Gasteiger partial charge in [-0.15, -0.1) is 0 Å². The number of benzene rings is 1. The number of hydrogen-bond donors (Lipinski definition) is 1. The molecular formula is C16H24FNO. The van der Waals surface area contributed by atoms with Crippen LogP contribution in [0.3, 0.4) is 0 Å². The molecule has 0 saturated heterocycles. The van der Waals surface area contributed by atoms with Crippen molar-refractivity contribution in [2.75, 3.05) is 11.9 Å². The van der Waals surface area contributed by atoms with Gasteiger partial charge in [-0.3, -0.25) is 0 Å². The molecule has 0 radical (unpaired) electrons. The smallest absolute Gasteiger partial charge is 0.146 e. The third kappa shape index (κ3) is 3.27. The first-order chi connectivity index (χ1) is 8.99. The molecule has 2 nitrogen and oxygen atoms in total. The van der Waals surface area contributed by atoms with Gasteiger partial charge in [0.1, 0.15) is 5.82 Å². The van der Waals surface area contributed by atoms with E-state index < -0.39 is 6.10 Å². The maximum Gasteiger partial charge on any atom is 0.146 e. The van der Waals surface area contributed by atoms with Gasteiger partial charge in [0.05, 0.1) is 11.8 Å². The van der Waals surface area contributed by atoms with Crippen molar-refractivity contribution in [3.8, 4) is 0 Å². The second-order valence-corrected chi connectivity index (χ2v) is 5.91. The van der Waals surface area contributed by atoms with Gasteiger partial charge in [0, 0.05) is 13.1 Å². The molecule has 0 unspecified atom stereocenters. The third-order valence-electron chi connectivity index (χ3n) is 4.37. The third-order valence-corrected chi connectivity index (χ3v) is 4.37. The van der Waals surface area contributed by atoms with E-state index in [1.807, 2.05) is 13.1 Å². The summed E-state index contributed by atoms with van der Waals surface area (Å²) in [6, 6.07) is 5.48. The molecule has 2 rings (SSSR count). The lowest BCUT2D eigenvalue weighted by Crippen LogP contribution is -2.35. The summed E-state index contributed by atoms with van der Waals surface area (Å²) in [4.78, 5) is 2.06. The Kier molecular flexibility index (Phi) is 4.46. The molecule has 0 bridgehead atoms. The molecule has 1 N–H and O–H groups in total. The minimum atomic E-state index is -0.621. The highest BCUT2D eigenvalue weighted by molar-refractivity contribution is 5.49. The molecule has 0 heterocycles. The second-order valence-electron chi connectivity index (χ2n) is 5.91. The average Bonchev–Trinajstić information content (AvgIpc) is 2.38. The normalized spacial score (nSPS) is 25.1. The molecule has 1 aliphatic rings. The number of aliphatic hydroxyl groups excluding tert-OH is 1. The molecule has 0 aromatic heterocycles. The van der Waals surface area contributed by atoms with Crippen molar-refractivity contribution >= 4 is 5.69 Å². The van der Waals surface area contributed by atoms with Crippen molar-refractivity contribution in [1.29, 1.82) is 0 Å². The maximum absolute atomic E-state index is 14.1. The lowest BCUT2D eigenvalue weighted by molar-refractivity contribution is 0.199. The van der Waals surface area contributed by atoms with E-state index in [1.165, 1.54) is 18.9 Å². The van der Waals surface area contributed by atoms with E-state index in [0.29, 0.717) is 17.3 Å². The summed E-state index contributed by atoms with van der Waals surface area (Å²) >= 11 is 0. The van der Waals surface area contributed by atoms with Crippen LogP contribution in [0.25, 0.3) is 0 Å². The maximum atomic E-state index is 14.1. The van der Waals surface area contributed by atoms with Crippen LogP contribution in [0.5, 0.6) is 0 Å². The molecule has 0 aliphatic heterocycles. The zero-order valence-corrected chi connectivity index (χ0v) is 12.1. The van der Waals surface area contributed by atoms with Crippen LogP contribution in [0.1, 0.15) is 51.2 Å². The van der Waals surface area contributed by atoms with Gasteiger partial charge >= 0.3 is 0 Å². The van der Waals surface area contributed by atoms with Crippen LogP contribution in [-0.2, 0) is 0 Å². The minimum Gasteiger partial charge on any atom is -0.389 e. The van der Waals surface area contributed by atoms with Gasteiger partial charge in [0.15, 0.2) is 0 Å². The molecule has 1 aromatic rings. The highest BCUT2D eigenvalue weighted by Crippen LogP contribution is 2.31. The van der Waals surface area contributed by atoms with Crippen LogP contribution >= 0.6 is 0 Å². The predicted octanol–water partition coefficient (Wildman–Crippen LogP) is 3.89. The molecule has 3 heteroatoms. The van der Waals surface area contributed by atoms with Crippen LogP contribution in [-0.4, -0.2) is 18.2 Å². The fourth-order valence-corrected chi connectivity index (χ4v) is 2.90. The molecule has 1 aliphatic carbocycles.